The lowest BCUT2D eigenvalue weighted by atomic mass is 10.1. The Hall–Kier alpha value is -2.88. The Morgan fingerprint density at radius 3 is 2.40 bits per heavy atom. The number of aryl methyl sites for hydroxylation is 2. The number of carbonyl (C=O) groups excluding carboxylic acids is 2. The predicted molar refractivity (Wildman–Crippen MR) is 98.8 cm³/mol. The van der Waals surface area contributed by atoms with Gasteiger partial charge in [-0.05, 0) is 36.6 Å². The fraction of sp³-hybridized carbons (Fsp3) is 0.238. The monoisotopic (exact) mass is 337 g/mol. The molecule has 0 fully saturated rings. The number of esters is 1. The summed E-state index contributed by atoms with van der Waals surface area (Å²) >= 11 is 0. The fourth-order valence-electron chi connectivity index (χ4n) is 2.28. The molecule has 0 N–H and O–H groups in total. The minimum absolute atomic E-state index is 0.238. The average Bonchev–Trinajstić information content (AvgIpc) is 2.60. The smallest absolute Gasteiger partial charge is 0.331 e. The number of ether oxygens (including phenoxy) is 1. The molecule has 0 unspecified atom stereocenters. The summed E-state index contributed by atoms with van der Waals surface area (Å²) in [5, 5.41) is 0. The fourth-order valence-corrected chi connectivity index (χ4v) is 2.28. The summed E-state index contributed by atoms with van der Waals surface area (Å²) in [5.41, 5.74) is 4.22. The number of hydrogen-bond donors (Lipinski definition) is 0. The lowest BCUT2D eigenvalue weighted by Crippen LogP contribution is -2.30. The van der Waals surface area contributed by atoms with Gasteiger partial charge in [0.1, 0.15) is 0 Å². The maximum Gasteiger partial charge on any atom is 0.331 e. The molecule has 0 aliphatic rings. The van der Waals surface area contributed by atoms with E-state index in [1.807, 2.05) is 62.4 Å². The van der Waals surface area contributed by atoms with Crippen molar-refractivity contribution in [3.63, 3.8) is 0 Å². The van der Waals surface area contributed by atoms with E-state index in [0.717, 1.165) is 16.7 Å². The first-order valence-corrected chi connectivity index (χ1v) is 8.15. The number of amides is 1. The average molecular weight is 337 g/mol. The molecule has 2 rings (SSSR count). The molecule has 0 aromatic heterocycles. The molecule has 0 spiro atoms. The number of rotatable bonds is 6. The minimum Gasteiger partial charge on any atom is -0.452 e. The van der Waals surface area contributed by atoms with Gasteiger partial charge in [-0.2, -0.15) is 0 Å². The van der Waals surface area contributed by atoms with Crippen molar-refractivity contribution in [3.8, 4) is 0 Å². The van der Waals surface area contributed by atoms with Gasteiger partial charge in [0, 0.05) is 19.7 Å². The van der Waals surface area contributed by atoms with Crippen LogP contribution < -0.4 is 0 Å². The van der Waals surface area contributed by atoms with Crippen LogP contribution in [-0.2, 0) is 20.9 Å². The molecule has 0 bridgehead atoms. The molecule has 0 saturated heterocycles. The lowest BCUT2D eigenvalue weighted by Gasteiger charge is -2.17. The van der Waals surface area contributed by atoms with Crippen LogP contribution in [0.15, 0.2) is 54.6 Å². The minimum atomic E-state index is -0.527. The van der Waals surface area contributed by atoms with Gasteiger partial charge >= 0.3 is 5.97 Å². The normalized spacial score (nSPS) is 10.7. The van der Waals surface area contributed by atoms with Gasteiger partial charge in [-0.1, -0.05) is 54.1 Å². The van der Waals surface area contributed by atoms with Crippen molar-refractivity contribution >= 4 is 18.0 Å². The Balaban J connectivity index is 1.81. The molecule has 25 heavy (non-hydrogen) atoms. The van der Waals surface area contributed by atoms with Crippen molar-refractivity contribution in [3.05, 3.63) is 76.9 Å². The quantitative estimate of drug-likeness (QED) is 0.598. The van der Waals surface area contributed by atoms with E-state index in [9.17, 15) is 9.59 Å². The Kier molecular flexibility index (Phi) is 6.52. The van der Waals surface area contributed by atoms with E-state index in [0.29, 0.717) is 6.54 Å². The van der Waals surface area contributed by atoms with Gasteiger partial charge in [-0.25, -0.2) is 4.79 Å². The Morgan fingerprint density at radius 2 is 1.72 bits per heavy atom. The Labute approximate surface area is 148 Å². The number of likely N-dealkylation sites (N-methyl/N-ethyl adjacent to an activating group) is 1. The molecule has 2 aromatic carbocycles. The maximum absolute atomic E-state index is 12.1. The van der Waals surface area contributed by atoms with E-state index in [2.05, 4.69) is 0 Å². The molecule has 2 aromatic rings. The van der Waals surface area contributed by atoms with Crippen LogP contribution >= 0.6 is 0 Å². The molecule has 0 heterocycles. The van der Waals surface area contributed by atoms with Crippen molar-refractivity contribution < 1.29 is 14.3 Å². The van der Waals surface area contributed by atoms with Crippen LogP contribution in [0.3, 0.4) is 0 Å². The zero-order valence-corrected chi connectivity index (χ0v) is 14.9. The molecule has 0 aliphatic heterocycles. The standard InChI is InChI=1S/C21H23NO3/c1-16-8-10-18(11-9-16)14-22(3)20(23)15-25-21(24)13-12-19-7-5-4-6-17(19)2/h4-13H,14-15H2,1-3H3/b13-12+. The highest BCUT2D eigenvalue weighted by molar-refractivity contribution is 5.89. The van der Waals surface area contributed by atoms with Gasteiger partial charge in [-0.15, -0.1) is 0 Å². The van der Waals surface area contributed by atoms with Crippen LogP contribution in [0.25, 0.3) is 6.08 Å². The SMILES string of the molecule is Cc1ccc(CN(C)C(=O)COC(=O)/C=C/c2ccccc2C)cc1. The largest absolute Gasteiger partial charge is 0.452 e. The summed E-state index contributed by atoms with van der Waals surface area (Å²) in [5.74, 6) is -0.765. The van der Waals surface area contributed by atoms with Crippen LogP contribution in [0.4, 0.5) is 0 Å². The van der Waals surface area contributed by atoms with Crippen molar-refractivity contribution in [2.24, 2.45) is 0 Å². The molecule has 0 radical (unpaired) electrons. The highest BCUT2D eigenvalue weighted by atomic mass is 16.5. The zero-order valence-electron chi connectivity index (χ0n) is 14.9. The molecule has 0 aliphatic carbocycles. The number of carbonyl (C=O) groups is 2. The number of benzene rings is 2. The molecule has 130 valence electrons. The van der Waals surface area contributed by atoms with Crippen LogP contribution in [0.5, 0.6) is 0 Å². The first kappa shape index (κ1) is 18.5. The van der Waals surface area contributed by atoms with Crippen LogP contribution in [0, 0.1) is 13.8 Å². The van der Waals surface area contributed by atoms with Crippen LogP contribution in [0.1, 0.15) is 22.3 Å². The topological polar surface area (TPSA) is 46.6 Å². The molecular formula is C21H23NO3. The van der Waals surface area contributed by atoms with E-state index in [-0.39, 0.29) is 12.5 Å². The van der Waals surface area contributed by atoms with Crippen molar-refractivity contribution in [1.82, 2.24) is 4.90 Å². The lowest BCUT2D eigenvalue weighted by molar-refractivity contribution is -0.147. The van der Waals surface area contributed by atoms with Gasteiger partial charge in [0.15, 0.2) is 6.61 Å². The van der Waals surface area contributed by atoms with Gasteiger partial charge in [0.25, 0.3) is 5.91 Å². The highest BCUT2D eigenvalue weighted by Crippen LogP contribution is 2.09. The van der Waals surface area contributed by atoms with Crippen LogP contribution in [0.2, 0.25) is 0 Å². The Morgan fingerprint density at radius 1 is 1.04 bits per heavy atom. The summed E-state index contributed by atoms with van der Waals surface area (Å²) in [7, 11) is 1.69. The van der Waals surface area contributed by atoms with Crippen molar-refractivity contribution in [2.75, 3.05) is 13.7 Å². The third kappa shape index (κ3) is 5.92. The summed E-state index contributed by atoms with van der Waals surface area (Å²) in [6.07, 6.45) is 3.04. The highest BCUT2D eigenvalue weighted by Gasteiger charge is 2.11. The Bertz CT molecular complexity index is 763. The first-order valence-electron chi connectivity index (χ1n) is 8.15. The summed E-state index contributed by atoms with van der Waals surface area (Å²) < 4.78 is 5.03. The molecule has 4 heteroatoms. The van der Waals surface area contributed by atoms with E-state index in [1.54, 1.807) is 18.0 Å². The van der Waals surface area contributed by atoms with E-state index in [1.165, 1.54) is 11.6 Å². The van der Waals surface area contributed by atoms with E-state index >= 15 is 0 Å². The third-order valence-corrected chi connectivity index (χ3v) is 3.89. The molecule has 0 saturated carbocycles. The molecule has 0 atom stereocenters. The summed E-state index contributed by atoms with van der Waals surface area (Å²) in [6, 6.07) is 15.7. The zero-order chi connectivity index (χ0) is 18.2. The van der Waals surface area contributed by atoms with Gasteiger partial charge in [0.2, 0.25) is 0 Å². The van der Waals surface area contributed by atoms with E-state index < -0.39 is 5.97 Å². The van der Waals surface area contributed by atoms with Crippen molar-refractivity contribution in [2.45, 2.75) is 20.4 Å². The van der Waals surface area contributed by atoms with Crippen LogP contribution in [-0.4, -0.2) is 30.4 Å². The molecular weight excluding hydrogens is 314 g/mol. The van der Waals surface area contributed by atoms with Crippen molar-refractivity contribution in [1.29, 1.82) is 0 Å². The molecule has 1 amide bonds. The van der Waals surface area contributed by atoms with Gasteiger partial charge in [-0.3, -0.25) is 4.79 Å². The first-order chi connectivity index (χ1) is 12.0. The number of hydrogen-bond acceptors (Lipinski definition) is 3. The van der Waals surface area contributed by atoms with E-state index in [4.69, 9.17) is 4.74 Å². The third-order valence-electron chi connectivity index (χ3n) is 3.89. The summed E-state index contributed by atoms with van der Waals surface area (Å²) in [4.78, 5) is 25.4. The summed E-state index contributed by atoms with van der Waals surface area (Å²) in [6.45, 7) is 4.20. The number of nitrogens with zero attached hydrogens (tertiary/aromatic N) is 1. The maximum atomic E-state index is 12.1. The van der Waals surface area contributed by atoms with Gasteiger partial charge < -0.3 is 9.64 Å². The second-order valence-corrected chi connectivity index (χ2v) is 6.03. The second kappa shape index (κ2) is 8.83. The molecule has 4 nitrogen and oxygen atoms in total. The van der Waals surface area contributed by atoms with Gasteiger partial charge in [0.05, 0.1) is 0 Å². The second-order valence-electron chi connectivity index (χ2n) is 6.03. The predicted octanol–water partition coefficient (Wildman–Crippen LogP) is 3.52.